The summed E-state index contributed by atoms with van der Waals surface area (Å²) in [4.78, 5) is 0. The Morgan fingerprint density at radius 3 is 2.53 bits per heavy atom. The summed E-state index contributed by atoms with van der Waals surface area (Å²) in [7, 11) is 1.93. The smallest absolute Gasteiger partial charge is 0.127 e. The van der Waals surface area contributed by atoms with E-state index in [1.807, 2.05) is 49.5 Å². The van der Waals surface area contributed by atoms with Gasteiger partial charge in [0.2, 0.25) is 0 Å². The van der Waals surface area contributed by atoms with Crippen LogP contribution in [0.15, 0.2) is 53.0 Å². The first-order chi connectivity index (χ1) is 8.28. The van der Waals surface area contributed by atoms with Crippen LogP contribution in [0.2, 0.25) is 0 Å². The third-order valence-electron chi connectivity index (χ3n) is 2.33. The molecule has 0 amide bonds. The van der Waals surface area contributed by atoms with Gasteiger partial charge in [-0.2, -0.15) is 0 Å². The van der Waals surface area contributed by atoms with Gasteiger partial charge in [0.25, 0.3) is 0 Å². The Balaban J connectivity index is 2.12. The fourth-order valence-corrected chi connectivity index (χ4v) is 1.83. The fraction of sp³-hybridized carbons (Fsp3) is 0.143. The van der Waals surface area contributed by atoms with Crippen LogP contribution in [0.5, 0.6) is 11.5 Å². The molecule has 0 spiro atoms. The van der Waals surface area contributed by atoms with Crippen LogP contribution in [0.3, 0.4) is 0 Å². The highest BCUT2D eigenvalue weighted by atomic mass is 79.9. The van der Waals surface area contributed by atoms with Gasteiger partial charge in [-0.1, -0.05) is 28.1 Å². The molecule has 0 aromatic heterocycles. The van der Waals surface area contributed by atoms with E-state index in [0.717, 1.165) is 22.5 Å². The normalized spacial score (nSPS) is 10.2. The Kier molecular flexibility index (Phi) is 4.18. The van der Waals surface area contributed by atoms with Gasteiger partial charge in [0.15, 0.2) is 0 Å². The first kappa shape index (κ1) is 12.1. The summed E-state index contributed by atoms with van der Waals surface area (Å²) in [5.41, 5.74) is 1.21. The third kappa shape index (κ3) is 3.58. The summed E-state index contributed by atoms with van der Waals surface area (Å²) in [6.45, 7) is 0.845. The number of benzene rings is 2. The van der Waals surface area contributed by atoms with Crippen molar-refractivity contribution in [3.63, 3.8) is 0 Å². The molecule has 88 valence electrons. The maximum Gasteiger partial charge on any atom is 0.127 e. The summed E-state index contributed by atoms with van der Waals surface area (Å²) < 4.78 is 6.82. The van der Waals surface area contributed by atoms with E-state index < -0.39 is 0 Å². The molecule has 0 saturated heterocycles. The molecule has 0 unspecified atom stereocenters. The lowest BCUT2D eigenvalue weighted by Crippen LogP contribution is -2.04. The van der Waals surface area contributed by atoms with Crippen molar-refractivity contribution in [3.05, 3.63) is 58.6 Å². The number of nitrogens with one attached hydrogen (secondary N) is 1. The first-order valence-electron chi connectivity index (χ1n) is 5.45. The molecule has 2 rings (SSSR count). The monoisotopic (exact) mass is 291 g/mol. The van der Waals surface area contributed by atoms with Crippen molar-refractivity contribution in [1.29, 1.82) is 0 Å². The van der Waals surface area contributed by atoms with Gasteiger partial charge in [0, 0.05) is 11.0 Å². The van der Waals surface area contributed by atoms with Gasteiger partial charge in [-0.3, -0.25) is 0 Å². The summed E-state index contributed by atoms with van der Waals surface area (Å²) in [5.74, 6) is 1.70. The predicted octanol–water partition coefficient (Wildman–Crippen LogP) is 3.96. The molecule has 0 radical (unpaired) electrons. The van der Waals surface area contributed by atoms with Crippen molar-refractivity contribution < 1.29 is 4.74 Å². The highest BCUT2D eigenvalue weighted by Crippen LogP contribution is 2.23. The maximum absolute atomic E-state index is 5.77. The van der Waals surface area contributed by atoms with E-state index in [2.05, 4.69) is 27.3 Å². The number of ether oxygens (including phenoxy) is 1. The fourth-order valence-electron chi connectivity index (χ4n) is 1.56. The molecule has 0 saturated carbocycles. The van der Waals surface area contributed by atoms with Crippen molar-refractivity contribution >= 4 is 15.9 Å². The number of hydrogen-bond donors (Lipinski definition) is 1. The Hall–Kier alpha value is -1.32. The van der Waals surface area contributed by atoms with Crippen LogP contribution in [-0.4, -0.2) is 7.05 Å². The molecule has 2 aromatic carbocycles. The summed E-state index contributed by atoms with van der Waals surface area (Å²) in [5, 5.41) is 3.12. The van der Waals surface area contributed by atoms with Crippen molar-refractivity contribution in [2.24, 2.45) is 0 Å². The lowest BCUT2D eigenvalue weighted by Gasteiger charge is -2.07. The molecule has 0 heterocycles. The van der Waals surface area contributed by atoms with Crippen molar-refractivity contribution in [3.8, 4) is 11.5 Å². The minimum absolute atomic E-state index is 0.842. The predicted molar refractivity (Wildman–Crippen MR) is 73.4 cm³/mol. The maximum atomic E-state index is 5.77. The van der Waals surface area contributed by atoms with E-state index in [-0.39, 0.29) is 0 Å². The number of hydrogen-bond acceptors (Lipinski definition) is 2. The summed E-state index contributed by atoms with van der Waals surface area (Å²) >= 11 is 3.40. The third-order valence-corrected chi connectivity index (χ3v) is 2.86. The van der Waals surface area contributed by atoms with E-state index in [1.165, 1.54) is 5.56 Å². The zero-order valence-corrected chi connectivity index (χ0v) is 11.2. The molecule has 0 atom stereocenters. The van der Waals surface area contributed by atoms with Gasteiger partial charge in [-0.25, -0.2) is 0 Å². The average molecular weight is 292 g/mol. The second-order valence-electron chi connectivity index (χ2n) is 3.73. The van der Waals surface area contributed by atoms with Crippen molar-refractivity contribution in [1.82, 2.24) is 5.32 Å². The molecule has 0 aliphatic carbocycles. The molecule has 3 heteroatoms. The second-order valence-corrected chi connectivity index (χ2v) is 4.65. The van der Waals surface area contributed by atoms with Gasteiger partial charge in [0.05, 0.1) is 0 Å². The first-order valence-corrected chi connectivity index (χ1v) is 6.24. The largest absolute Gasteiger partial charge is 0.457 e. The van der Waals surface area contributed by atoms with Crippen LogP contribution in [0.1, 0.15) is 5.56 Å². The SMILES string of the molecule is CNCc1cccc(Oc2ccc(Br)cc2)c1. The molecular weight excluding hydrogens is 278 g/mol. The van der Waals surface area contributed by atoms with Crippen LogP contribution < -0.4 is 10.1 Å². The molecule has 2 nitrogen and oxygen atoms in total. The van der Waals surface area contributed by atoms with E-state index in [0.29, 0.717) is 0 Å². The van der Waals surface area contributed by atoms with Crippen molar-refractivity contribution in [2.45, 2.75) is 6.54 Å². The highest BCUT2D eigenvalue weighted by molar-refractivity contribution is 9.10. The zero-order chi connectivity index (χ0) is 12.1. The van der Waals surface area contributed by atoms with Gasteiger partial charge in [0.1, 0.15) is 11.5 Å². The van der Waals surface area contributed by atoms with Crippen LogP contribution >= 0.6 is 15.9 Å². The standard InChI is InChI=1S/C14H14BrNO/c1-16-10-11-3-2-4-14(9-11)17-13-7-5-12(15)6-8-13/h2-9,16H,10H2,1H3. The quantitative estimate of drug-likeness (QED) is 0.921. The molecular formula is C14H14BrNO. The van der Waals surface area contributed by atoms with E-state index in [9.17, 15) is 0 Å². The molecule has 0 aliphatic rings. The second kappa shape index (κ2) is 5.84. The molecule has 2 aromatic rings. The molecule has 0 bridgehead atoms. The molecule has 17 heavy (non-hydrogen) atoms. The molecule has 1 N–H and O–H groups in total. The van der Waals surface area contributed by atoms with Crippen LogP contribution in [0.4, 0.5) is 0 Å². The van der Waals surface area contributed by atoms with Crippen LogP contribution in [0.25, 0.3) is 0 Å². The highest BCUT2D eigenvalue weighted by Gasteiger charge is 1.98. The lowest BCUT2D eigenvalue weighted by molar-refractivity contribution is 0.481. The van der Waals surface area contributed by atoms with Gasteiger partial charge in [-0.05, 0) is 49.0 Å². The van der Waals surface area contributed by atoms with E-state index >= 15 is 0 Å². The van der Waals surface area contributed by atoms with Gasteiger partial charge >= 0.3 is 0 Å². The summed E-state index contributed by atoms with van der Waals surface area (Å²) in [6, 6.07) is 15.9. The van der Waals surface area contributed by atoms with E-state index in [4.69, 9.17) is 4.74 Å². The number of halogens is 1. The van der Waals surface area contributed by atoms with Gasteiger partial charge < -0.3 is 10.1 Å². The Labute approximate surface area is 110 Å². The van der Waals surface area contributed by atoms with Crippen LogP contribution in [0, 0.1) is 0 Å². The zero-order valence-electron chi connectivity index (χ0n) is 9.61. The van der Waals surface area contributed by atoms with E-state index in [1.54, 1.807) is 0 Å². The molecule has 0 fully saturated rings. The Morgan fingerprint density at radius 1 is 1.06 bits per heavy atom. The van der Waals surface area contributed by atoms with Crippen LogP contribution in [-0.2, 0) is 6.54 Å². The molecule has 0 aliphatic heterocycles. The lowest BCUT2D eigenvalue weighted by atomic mass is 10.2. The number of rotatable bonds is 4. The minimum atomic E-state index is 0.842. The van der Waals surface area contributed by atoms with Crippen molar-refractivity contribution in [2.75, 3.05) is 7.05 Å². The topological polar surface area (TPSA) is 21.3 Å². The Morgan fingerprint density at radius 2 is 1.82 bits per heavy atom. The Bertz CT molecular complexity index is 482. The minimum Gasteiger partial charge on any atom is -0.457 e. The summed E-state index contributed by atoms with van der Waals surface area (Å²) in [6.07, 6.45) is 0. The average Bonchev–Trinajstić information content (AvgIpc) is 2.33. The van der Waals surface area contributed by atoms with Gasteiger partial charge in [-0.15, -0.1) is 0 Å².